The molecule has 1 saturated heterocycles. The summed E-state index contributed by atoms with van der Waals surface area (Å²) < 4.78 is 14.4. The van der Waals surface area contributed by atoms with Crippen molar-refractivity contribution in [3.8, 4) is 0 Å². The number of hydrogen-bond acceptors (Lipinski definition) is 2. The highest BCUT2D eigenvalue weighted by Crippen LogP contribution is 2.34. The zero-order valence-corrected chi connectivity index (χ0v) is 15.2. The summed E-state index contributed by atoms with van der Waals surface area (Å²) in [6.07, 6.45) is 4.51. The van der Waals surface area contributed by atoms with Crippen LogP contribution in [0.25, 0.3) is 11.0 Å². The Morgan fingerprint density at radius 2 is 2.08 bits per heavy atom. The zero-order chi connectivity index (χ0) is 18.3. The minimum Gasteiger partial charge on any atom is -0.346 e. The summed E-state index contributed by atoms with van der Waals surface area (Å²) in [5, 5.41) is 1.43. The van der Waals surface area contributed by atoms with E-state index in [9.17, 15) is 9.18 Å². The van der Waals surface area contributed by atoms with Crippen molar-refractivity contribution in [1.29, 1.82) is 0 Å². The van der Waals surface area contributed by atoms with Crippen molar-refractivity contribution in [2.75, 3.05) is 13.1 Å². The number of halogens is 2. The molecule has 1 aliphatic heterocycles. The van der Waals surface area contributed by atoms with E-state index in [2.05, 4.69) is 9.97 Å². The molecule has 0 atom stereocenters. The molecule has 3 heterocycles. The van der Waals surface area contributed by atoms with E-state index in [0.29, 0.717) is 34.9 Å². The molecular weight excluding hydrogens is 353 g/mol. The number of aromatic nitrogens is 2. The quantitative estimate of drug-likeness (QED) is 0.710. The lowest BCUT2D eigenvalue weighted by Crippen LogP contribution is -2.38. The van der Waals surface area contributed by atoms with Crippen LogP contribution in [0.2, 0.25) is 5.02 Å². The van der Waals surface area contributed by atoms with Crippen molar-refractivity contribution >= 4 is 28.5 Å². The number of piperidine rings is 1. The van der Waals surface area contributed by atoms with Crippen LogP contribution in [0.5, 0.6) is 0 Å². The maximum absolute atomic E-state index is 14.4. The molecule has 1 fully saturated rings. The molecule has 6 heteroatoms. The Morgan fingerprint density at radius 3 is 2.81 bits per heavy atom. The zero-order valence-electron chi connectivity index (χ0n) is 14.4. The second-order valence-corrected chi connectivity index (χ2v) is 7.20. The number of nitrogens with one attached hydrogen (secondary N) is 1. The fraction of sp³-hybridized carbons (Fsp3) is 0.300. The van der Waals surface area contributed by atoms with Gasteiger partial charge >= 0.3 is 0 Å². The van der Waals surface area contributed by atoms with Crippen LogP contribution in [-0.2, 0) is 0 Å². The molecule has 0 aliphatic carbocycles. The molecule has 1 aromatic carbocycles. The van der Waals surface area contributed by atoms with E-state index < -0.39 is 0 Å². The van der Waals surface area contributed by atoms with Crippen LogP contribution in [0.1, 0.15) is 40.2 Å². The fourth-order valence-corrected chi connectivity index (χ4v) is 3.88. The Hall–Kier alpha value is -2.40. The van der Waals surface area contributed by atoms with Gasteiger partial charge in [-0.2, -0.15) is 0 Å². The van der Waals surface area contributed by atoms with Gasteiger partial charge in [0.05, 0.1) is 6.20 Å². The molecule has 0 radical (unpaired) electrons. The molecule has 1 amide bonds. The monoisotopic (exact) mass is 371 g/mol. The van der Waals surface area contributed by atoms with Gasteiger partial charge in [0.2, 0.25) is 0 Å². The third-order valence-electron chi connectivity index (χ3n) is 5.19. The van der Waals surface area contributed by atoms with E-state index in [4.69, 9.17) is 11.6 Å². The molecule has 0 bridgehead atoms. The number of fused-ring (bicyclic) bond motifs is 1. The Kier molecular flexibility index (Phi) is 4.41. The average Bonchev–Trinajstić information content (AvgIpc) is 3.12. The third-order valence-corrected chi connectivity index (χ3v) is 5.60. The smallest absolute Gasteiger partial charge is 0.253 e. The Balaban J connectivity index is 1.52. The number of aromatic amines is 1. The van der Waals surface area contributed by atoms with E-state index >= 15 is 0 Å². The van der Waals surface area contributed by atoms with Crippen LogP contribution < -0.4 is 0 Å². The highest BCUT2D eigenvalue weighted by molar-refractivity contribution is 6.31. The number of carbonyl (C=O) groups excluding carboxylic acids is 1. The van der Waals surface area contributed by atoms with Crippen LogP contribution in [0.15, 0.2) is 36.7 Å². The first kappa shape index (κ1) is 17.0. The van der Waals surface area contributed by atoms with Gasteiger partial charge in [-0.15, -0.1) is 0 Å². The van der Waals surface area contributed by atoms with Crippen LogP contribution >= 0.6 is 11.6 Å². The van der Waals surface area contributed by atoms with Gasteiger partial charge in [-0.1, -0.05) is 17.7 Å². The number of benzene rings is 1. The van der Waals surface area contributed by atoms with Crippen molar-refractivity contribution in [3.63, 3.8) is 0 Å². The van der Waals surface area contributed by atoms with E-state index in [0.717, 1.165) is 23.8 Å². The predicted molar refractivity (Wildman–Crippen MR) is 100 cm³/mol. The second-order valence-electron chi connectivity index (χ2n) is 6.79. The molecule has 4 rings (SSSR count). The highest BCUT2D eigenvalue weighted by Gasteiger charge is 2.28. The van der Waals surface area contributed by atoms with Gasteiger partial charge in [-0.25, -0.2) is 9.37 Å². The average molecular weight is 372 g/mol. The number of aryl methyl sites for hydroxylation is 1. The van der Waals surface area contributed by atoms with Crippen LogP contribution in [0.4, 0.5) is 4.39 Å². The number of hydrogen-bond donors (Lipinski definition) is 1. The van der Waals surface area contributed by atoms with Crippen LogP contribution in [-0.4, -0.2) is 33.9 Å². The van der Waals surface area contributed by atoms with Crippen LogP contribution in [0.3, 0.4) is 0 Å². The molecular formula is C20H19ClFN3O. The minimum atomic E-state index is -0.271. The van der Waals surface area contributed by atoms with E-state index in [1.165, 1.54) is 6.20 Å². The summed E-state index contributed by atoms with van der Waals surface area (Å²) in [6.45, 7) is 3.11. The lowest BCUT2D eigenvalue weighted by atomic mass is 9.87. The lowest BCUT2D eigenvalue weighted by molar-refractivity contribution is 0.0712. The van der Waals surface area contributed by atoms with Gasteiger partial charge in [0, 0.05) is 40.8 Å². The van der Waals surface area contributed by atoms with E-state index in [1.54, 1.807) is 12.3 Å². The Labute approximate surface area is 156 Å². The van der Waals surface area contributed by atoms with Gasteiger partial charge in [-0.05, 0) is 49.4 Å². The van der Waals surface area contributed by atoms with Crippen molar-refractivity contribution in [2.24, 2.45) is 0 Å². The topological polar surface area (TPSA) is 49.0 Å². The molecule has 3 aromatic rings. The number of amides is 1. The normalized spacial score (nSPS) is 15.6. The largest absolute Gasteiger partial charge is 0.346 e. The van der Waals surface area contributed by atoms with Gasteiger partial charge in [0.25, 0.3) is 5.91 Å². The summed E-state index contributed by atoms with van der Waals surface area (Å²) >= 11 is 6.14. The summed E-state index contributed by atoms with van der Waals surface area (Å²) in [4.78, 5) is 21.7. The Morgan fingerprint density at radius 1 is 1.31 bits per heavy atom. The third kappa shape index (κ3) is 2.97. The van der Waals surface area contributed by atoms with Crippen LogP contribution in [0, 0.1) is 12.7 Å². The second kappa shape index (κ2) is 6.72. The standard InChI is InChI=1S/C20H19ClFN3O/c1-12-2-3-14(10-16(12)21)20(26)25-8-5-13(6-9-25)18-15-4-7-23-19(15)24-11-17(18)22/h2-4,7,10-11,13H,5-6,8-9H2,1H3,(H,23,24). The number of carbonyl (C=O) groups is 1. The van der Waals surface area contributed by atoms with Gasteiger partial charge in [0.1, 0.15) is 11.5 Å². The number of H-pyrrole nitrogens is 1. The summed E-state index contributed by atoms with van der Waals surface area (Å²) in [7, 11) is 0. The molecule has 26 heavy (non-hydrogen) atoms. The Bertz CT molecular complexity index is 976. The van der Waals surface area contributed by atoms with Crippen molar-refractivity contribution in [3.05, 3.63) is 64.2 Å². The summed E-state index contributed by atoms with van der Waals surface area (Å²) in [5.74, 6) is -0.207. The minimum absolute atomic E-state index is 0.0210. The van der Waals surface area contributed by atoms with Crippen molar-refractivity contribution in [2.45, 2.75) is 25.7 Å². The van der Waals surface area contributed by atoms with Crippen molar-refractivity contribution in [1.82, 2.24) is 14.9 Å². The maximum atomic E-state index is 14.4. The molecule has 134 valence electrons. The van der Waals surface area contributed by atoms with E-state index in [1.807, 2.05) is 30.0 Å². The number of nitrogens with zero attached hydrogens (tertiary/aromatic N) is 2. The molecule has 0 spiro atoms. The molecule has 2 aromatic heterocycles. The number of pyridine rings is 1. The van der Waals surface area contributed by atoms with Crippen molar-refractivity contribution < 1.29 is 9.18 Å². The number of likely N-dealkylation sites (tertiary alicyclic amines) is 1. The summed E-state index contributed by atoms with van der Waals surface area (Å²) in [6, 6.07) is 7.25. The molecule has 0 saturated carbocycles. The fourth-order valence-electron chi connectivity index (χ4n) is 3.70. The van der Waals surface area contributed by atoms with Gasteiger partial charge in [-0.3, -0.25) is 4.79 Å². The number of rotatable bonds is 2. The lowest BCUT2D eigenvalue weighted by Gasteiger charge is -2.32. The first-order chi connectivity index (χ1) is 12.5. The molecule has 0 unspecified atom stereocenters. The first-order valence-electron chi connectivity index (χ1n) is 8.71. The molecule has 1 N–H and O–H groups in total. The molecule has 1 aliphatic rings. The van der Waals surface area contributed by atoms with Gasteiger partial charge < -0.3 is 9.88 Å². The maximum Gasteiger partial charge on any atom is 0.253 e. The summed E-state index contributed by atoms with van der Waals surface area (Å²) in [5.41, 5.74) is 2.96. The van der Waals surface area contributed by atoms with Gasteiger partial charge in [0.15, 0.2) is 0 Å². The van der Waals surface area contributed by atoms with E-state index in [-0.39, 0.29) is 17.6 Å². The highest BCUT2D eigenvalue weighted by atomic mass is 35.5. The molecule has 4 nitrogen and oxygen atoms in total. The predicted octanol–water partition coefficient (Wildman–Crippen LogP) is 4.68. The SMILES string of the molecule is Cc1ccc(C(=O)N2CCC(c3c(F)cnc4[nH]ccc34)CC2)cc1Cl. The first-order valence-corrected chi connectivity index (χ1v) is 9.09.